The van der Waals surface area contributed by atoms with Crippen molar-refractivity contribution >= 4 is 28.9 Å². The summed E-state index contributed by atoms with van der Waals surface area (Å²) in [6, 6.07) is 15.9. The fourth-order valence-electron chi connectivity index (χ4n) is 3.31. The molecule has 0 atom stereocenters. The number of para-hydroxylation sites is 1. The zero-order chi connectivity index (χ0) is 20.2. The summed E-state index contributed by atoms with van der Waals surface area (Å²) in [7, 11) is 0. The van der Waals surface area contributed by atoms with E-state index in [0.29, 0.717) is 10.9 Å². The first-order valence-corrected chi connectivity index (χ1v) is 11.2. The molecule has 0 aliphatic heterocycles. The standard InChI is InChI=1S/C21H21N5OS2/c1-15-13-19(16(2)25(15)11-10-18-9-6-12-28-18)20(27)14-29-21-22-23-24-26(21)17-7-4-3-5-8-17/h3-9,12-13H,10-11,14H2,1-2H3. The molecular weight excluding hydrogens is 402 g/mol. The zero-order valence-corrected chi connectivity index (χ0v) is 17.9. The second-order valence-electron chi connectivity index (χ2n) is 6.69. The molecule has 3 aromatic heterocycles. The van der Waals surface area contributed by atoms with Gasteiger partial charge in [-0.3, -0.25) is 4.79 Å². The van der Waals surface area contributed by atoms with Crippen LogP contribution in [0.1, 0.15) is 26.6 Å². The van der Waals surface area contributed by atoms with Gasteiger partial charge in [0.1, 0.15) is 0 Å². The predicted molar refractivity (Wildman–Crippen MR) is 116 cm³/mol. The van der Waals surface area contributed by atoms with Crippen LogP contribution < -0.4 is 0 Å². The van der Waals surface area contributed by atoms with Crippen LogP contribution in [0.2, 0.25) is 0 Å². The number of carbonyl (C=O) groups excluding carboxylic acids is 1. The van der Waals surface area contributed by atoms with E-state index in [1.165, 1.54) is 16.6 Å². The van der Waals surface area contributed by atoms with E-state index in [2.05, 4.69) is 44.5 Å². The minimum absolute atomic E-state index is 0.0908. The molecule has 0 aliphatic rings. The SMILES string of the molecule is Cc1cc(C(=O)CSc2nnnn2-c2ccccc2)c(C)n1CCc1cccs1. The van der Waals surface area contributed by atoms with E-state index in [4.69, 9.17) is 0 Å². The van der Waals surface area contributed by atoms with Crippen LogP contribution in [0.25, 0.3) is 5.69 Å². The number of tetrazole rings is 1. The molecule has 1 aromatic carbocycles. The molecule has 0 saturated heterocycles. The molecule has 4 rings (SSSR count). The highest BCUT2D eigenvalue weighted by Gasteiger charge is 2.18. The van der Waals surface area contributed by atoms with Gasteiger partial charge in [0.05, 0.1) is 11.4 Å². The quantitative estimate of drug-likeness (QED) is 0.311. The molecule has 0 N–H and O–H groups in total. The number of Topliss-reactive ketones (excluding diaryl/α,β-unsaturated/α-hetero) is 1. The lowest BCUT2D eigenvalue weighted by Gasteiger charge is -2.09. The molecule has 0 bridgehead atoms. The van der Waals surface area contributed by atoms with Crippen LogP contribution in [0.3, 0.4) is 0 Å². The van der Waals surface area contributed by atoms with Gasteiger partial charge in [0, 0.05) is 28.4 Å². The maximum atomic E-state index is 12.9. The third kappa shape index (κ3) is 4.33. The van der Waals surface area contributed by atoms with Gasteiger partial charge in [0.2, 0.25) is 5.16 Å². The topological polar surface area (TPSA) is 65.6 Å². The third-order valence-corrected chi connectivity index (χ3v) is 6.67. The molecule has 4 aromatic rings. The summed E-state index contributed by atoms with van der Waals surface area (Å²) in [5.41, 5.74) is 3.79. The van der Waals surface area contributed by atoms with Crippen LogP contribution in [0.5, 0.6) is 0 Å². The smallest absolute Gasteiger partial charge is 0.214 e. The van der Waals surface area contributed by atoms with E-state index in [9.17, 15) is 4.79 Å². The Kier molecular flexibility index (Phi) is 5.92. The Labute approximate surface area is 177 Å². The van der Waals surface area contributed by atoms with Gasteiger partial charge in [-0.25, -0.2) is 0 Å². The highest BCUT2D eigenvalue weighted by atomic mass is 32.2. The Morgan fingerprint density at radius 3 is 2.72 bits per heavy atom. The molecule has 8 heteroatoms. The molecule has 29 heavy (non-hydrogen) atoms. The second-order valence-corrected chi connectivity index (χ2v) is 8.66. The average molecular weight is 424 g/mol. The minimum Gasteiger partial charge on any atom is -0.348 e. The highest BCUT2D eigenvalue weighted by Crippen LogP contribution is 2.23. The molecule has 6 nitrogen and oxygen atoms in total. The van der Waals surface area contributed by atoms with E-state index in [1.54, 1.807) is 16.0 Å². The van der Waals surface area contributed by atoms with Crippen LogP contribution in [-0.2, 0) is 13.0 Å². The fourth-order valence-corrected chi connectivity index (χ4v) is 4.78. The number of nitrogens with zero attached hydrogens (tertiary/aromatic N) is 5. The van der Waals surface area contributed by atoms with Crippen LogP contribution in [-0.4, -0.2) is 36.3 Å². The number of thioether (sulfide) groups is 1. The van der Waals surface area contributed by atoms with Crippen LogP contribution in [0.15, 0.2) is 59.1 Å². The molecular formula is C21H21N5OS2. The van der Waals surface area contributed by atoms with Crippen molar-refractivity contribution in [1.82, 2.24) is 24.8 Å². The van der Waals surface area contributed by atoms with E-state index in [-0.39, 0.29) is 5.78 Å². The lowest BCUT2D eigenvalue weighted by molar-refractivity contribution is 0.102. The Bertz CT molecular complexity index is 1100. The lowest BCUT2D eigenvalue weighted by Crippen LogP contribution is -2.08. The summed E-state index contributed by atoms with van der Waals surface area (Å²) in [6.07, 6.45) is 0.974. The number of thiophene rings is 1. The largest absolute Gasteiger partial charge is 0.348 e. The first-order chi connectivity index (χ1) is 14.1. The van der Waals surface area contributed by atoms with Gasteiger partial charge in [-0.2, -0.15) is 4.68 Å². The summed E-state index contributed by atoms with van der Waals surface area (Å²) in [5, 5.41) is 14.6. The van der Waals surface area contributed by atoms with E-state index in [1.807, 2.05) is 43.3 Å². The van der Waals surface area contributed by atoms with E-state index in [0.717, 1.165) is 35.6 Å². The summed E-state index contributed by atoms with van der Waals surface area (Å²) >= 11 is 3.12. The maximum absolute atomic E-state index is 12.9. The number of rotatable bonds is 8. The Hall–Kier alpha value is -2.71. The van der Waals surface area contributed by atoms with Crippen LogP contribution in [0, 0.1) is 13.8 Å². The molecule has 0 unspecified atom stereocenters. The fraction of sp³-hybridized carbons (Fsp3) is 0.238. The van der Waals surface area contributed by atoms with Gasteiger partial charge in [-0.05, 0) is 60.3 Å². The molecule has 0 saturated carbocycles. The number of carbonyl (C=O) groups is 1. The number of aromatic nitrogens is 5. The monoisotopic (exact) mass is 423 g/mol. The molecule has 148 valence electrons. The predicted octanol–water partition coefficient (Wildman–Crippen LogP) is 4.36. The number of ketones is 1. The van der Waals surface area contributed by atoms with Crippen molar-refractivity contribution in [2.75, 3.05) is 5.75 Å². The molecule has 0 amide bonds. The molecule has 0 fully saturated rings. The average Bonchev–Trinajstić information content (AvgIpc) is 3.47. The van der Waals surface area contributed by atoms with Crippen molar-refractivity contribution < 1.29 is 4.79 Å². The second kappa shape index (κ2) is 8.75. The zero-order valence-electron chi connectivity index (χ0n) is 16.3. The van der Waals surface area contributed by atoms with Gasteiger partial charge in [0.15, 0.2) is 5.78 Å². The Morgan fingerprint density at radius 2 is 1.97 bits per heavy atom. The number of hydrogen-bond acceptors (Lipinski definition) is 6. The van der Waals surface area contributed by atoms with Crippen molar-refractivity contribution in [1.29, 1.82) is 0 Å². The number of benzene rings is 1. The van der Waals surface area contributed by atoms with E-state index < -0.39 is 0 Å². The molecule has 0 aliphatic carbocycles. The number of hydrogen-bond donors (Lipinski definition) is 0. The van der Waals surface area contributed by atoms with Crippen molar-refractivity contribution in [3.8, 4) is 5.69 Å². The summed E-state index contributed by atoms with van der Waals surface area (Å²) in [6.45, 7) is 4.96. The van der Waals surface area contributed by atoms with Crippen molar-refractivity contribution in [3.63, 3.8) is 0 Å². The van der Waals surface area contributed by atoms with Gasteiger partial charge in [-0.1, -0.05) is 36.0 Å². The van der Waals surface area contributed by atoms with Gasteiger partial charge < -0.3 is 4.57 Å². The van der Waals surface area contributed by atoms with Crippen molar-refractivity contribution in [2.24, 2.45) is 0 Å². The van der Waals surface area contributed by atoms with Gasteiger partial charge >= 0.3 is 0 Å². The first kappa shape index (κ1) is 19.6. The van der Waals surface area contributed by atoms with Crippen LogP contribution >= 0.6 is 23.1 Å². The first-order valence-electron chi connectivity index (χ1n) is 9.32. The summed E-state index contributed by atoms with van der Waals surface area (Å²) in [4.78, 5) is 14.3. The highest BCUT2D eigenvalue weighted by molar-refractivity contribution is 7.99. The molecule has 3 heterocycles. The number of aryl methyl sites for hydroxylation is 2. The van der Waals surface area contributed by atoms with E-state index >= 15 is 0 Å². The van der Waals surface area contributed by atoms with Crippen LogP contribution in [0.4, 0.5) is 0 Å². The summed E-state index contributed by atoms with van der Waals surface area (Å²) in [5.74, 6) is 0.385. The minimum atomic E-state index is 0.0908. The van der Waals surface area contributed by atoms with Gasteiger partial charge in [0.25, 0.3) is 0 Å². The third-order valence-electron chi connectivity index (χ3n) is 4.81. The Morgan fingerprint density at radius 1 is 1.14 bits per heavy atom. The van der Waals surface area contributed by atoms with Gasteiger partial charge in [-0.15, -0.1) is 16.4 Å². The Balaban J connectivity index is 1.45. The molecule has 0 radical (unpaired) electrons. The summed E-state index contributed by atoms with van der Waals surface area (Å²) < 4.78 is 3.88. The van der Waals surface area contributed by atoms with Crippen molar-refractivity contribution in [2.45, 2.75) is 32.0 Å². The molecule has 0 spiro atoms. The van der Waals surface area contributed by atoms with Crippen molar-refractivity contribution in [3.05, 3.63) is 75.7 Å². The normalized spacial score (nSPS) is 11.1. The lowest BCUT2D eigenvalue weighted by atomic mass is 10.2. The maximum Gasteiger partial charge on any atom is 0.214 e.